The number of aromatic nitrogens is 2. The maximum atomic E-state index is 12.0. The summed E-state index contributed by atoms with van der Waals surface area (Å²) in [6.07, 6.45) is 2.56. The molecule has 0 spiro atoms. The van der Waals surface area contributed by atoms with E-state index in [0.29, 0.717) is 42.4 Å². The largest absolute Gasteiger partial charge is 0.491 e. The summed E-state index contributed by atoms with van der Waals surface area (Å²) in [6, 6.07) is 5.06. The van der Waals surface area contributed by atoms with E-state index in [0.717, 1.165) is 11.8 Å². The van der Waals surface area contributed by atoms with Crippen LogP contribution in [0.1, 0.15) is 57.0 Å². The van der Waals surface area contributed by atoms with E-state index in [9.17, 15) is 9.59 Å². The molecule has 1 amide bonds. The van der Waals surface area contributed by atoms with Crippen molar-refractivity contribution in [1.29, 1.82) is 0 Å². The number of rotatable bonds is 8. The van der Waals surface area contributed by atoms with Crippen molar-refractivity contribution in [1.82, 2.24) is 14.9 Å². The van der Waals surface area contributed by atoms with Crippen LogP contribution in [0.3, 0.4) is 0 Å². The summed E-state index contributed by atoms with van der Waals surface area (Å²) >= 11 is 5.89. The Morgan fingerprint density at radius 1 is 1.26 bits per heavy atom. The summed E-state index contributed by atoms with van der Waals surface area (Å²) < 4.78 is 11.2. The minimum absolute atomic E-state index is 0.125. The molecule has 0 aliphatic rings. The zero-order valence-corrected chi connectivity index (χ0v) is 22.2. The summed E-state index contributed by atoms with van der Waals surface area (Å²) in [5, 5.41) is 3.29. The summed E-state index contributed by atoms with van der Waals surface area (Å²) in [6.45, 7) is 12.1. The number of aryl methyl sites for hydroxylation is 1. The molecule has 190 valence electrons. The number of carbonyl (C=O) groups is 2. The highest BCUT2D eigenvalue weighted by Crippen LogP contribution is 2.29. The fourth-order valence-corrected chi connectivity index (χ4v) is 2.56. The van der Waals surface area contributed by atoms with E-state index >= 15 is 0 Å². The Labute approximate surface area is 208 Å². The second kappa shape index (κ2) is 15.8. The first-order valence-electron chi connectivity index (χ1n) is 11.1. The minimum atomic E-state index is -0.542. The average Bonchev–Trinajstić information content (AvgIpc) is 2.81. The normalized spacial score (nSPS) is 10.1. The predicted octanol–water partition coefficient (Wildman–Crippen LogP) is 5.23. The second-order valence-corrected chi connectivity index (χ2v) is 8.11. The molecule has 0 radical (unpaired) electrons. The number of nitrogens with two attached hydrogens (primary N) is 1. The van der Waals surface area contributed by atoms with Crippen LogP contribution in [0.25, 0.3) is 0 Å². The van der Waals surface area contributed by atoms with Gasteiger partial charge in [-0.05, 0) is 71.0 Å². The SMILES string of the molecule is CC.CN.Cc1cnc(Cl)nc1Nc1ccc(C=O)cc1OCCCN(C)C(=O)OC(C)(C)C. The molecule has 0 aliphatic heterocycles. The first-order chi connectivity index (χ1) is 16.1. The number of nitrogens with one attached hydrogen (secondary N) is 1. The monoisotopic (exact) mass is 495 g/mol. The summed E-state index contributed by atoms with van der Waals surface area (Å²) in [7, 11) is 3.18. The standard InChI is InChI=1S/C21H27ClN4O4.C2H6.CH5N/c1-14-12-23-19(22)25-18(14)24-16-8-7-15(13-27)11-17(16)29-10-6-9-26(5)20(28)30-21(2,3)4;2*1-2/h7-8,11-13H,6,9-10H2,1-5H3,(H,23,24,25);1-2H3;2H2,1H3. The third-order valence-electron chi connectivity index (χ3n) is 3.94. The van der Waals surface area contributed by atoms with Gasteiger partial charge in [0.05, 0.1) is 12.3 Å². The van der Waals surface area contributed by atoms with Gasteiger partial charge in [0.15, 0.2) is 0 Å². The third kappa shape index (κ3) is 11.3. The lowest BCUT2D eigenvalue weighted by Gasteiger charge is -2.24. The molecule has 2 rings (SSSR count). The molecule has 10 heteroatoms. The highest BCUT2D eigenvalue weighted by molar-refractivity contribution is 6.28. The van der Waals surface area contributed by atoms with E-state index in [-0.39, 0.29) is 11.4 Å². The molecule has 0 saturated heterocycles. The predicted molar refractivity (Wildman–Crippen MR) is 137 cm³/mol. The fraction of sp³-hybridized carbons (Fsp3) is 0.500. The average molecular weight is 496 g/mol. The molecule has 34 heavy (non-hydrogen) atoms. The van der Waals surface area contributed by atoms with Gasteiger partial charge in [0.25, 0.3) is 0 Å². The molecule has 0 aliphatic carbocycles. The van der Waals surface area contributed by atoms with E-state index in [1.165, 1.54) is 11.9 Å². The molecule has 1 aromatic carbocycles. The quantitative estimate of drug-likeness (QED) is 0.290. The molecule has 0 fully saturated rings. The summed E-state index contributed by atoms with van der Waals surface area (Å²) in [5.74, 6) is 1.04. The van der Waals surface area contributed by atoms with E-state index in [2.05, 4.69) is 21.0 Å². The Kier molecular flexibility index (Phi) is 14.5. The van der Waals surface area contributed by atoms with Gasteiger partial charge in [0.1, 0.15) is 23.5 Å². The van der Waals surface area contributed by atoms with E-state index in [1.54, 1.807) is 31.4 Å². The van der Waals surface area contributed by atoms with Crippen LogP contribution in [0.4, 0.5) is 16.3 Å². The Balaban J connectivity index is 0.00000258. The van der Waals surface area contributed by atoms with E-state index < -0.39 is 5.60 Å². The number of carbonyl (C=O) groups excluding carboxylic acids is 2. The minimum Gasteiger partial charge on any atom is -0.491 e. The van der Waals surface area contributed by atoms with Crippen LogP contribution in [-0.2, 0) is 4.74 Å². The zero-order valence-electron chi connectivity index (χ0n) is 21.4. The number of halogens is 1. The molecule has 0 atom stereocenters. The van der Waals surface area contributed by atoms with Crippen molar-refractivity contribution < 1.29 is 19.1 Å². The molecule has 0 bridgehead atoms. The molecule has 9 nitrogen and oxygen atoms in total. The van der Waals surface area contributed by atoms with Crippen LogP contribution in [-0.4, -0.2) is 60.1 Å². The maximum Gasteiger partial charge on any atom is 0.410 e. The lowest BCUT2D eigenvalue weighted by atomic mass is 10.2. The Hall–Kier alpha value is -2.91. The first-order valence-corrected chi connectivity index (χ1v) is 11.5. The molecule has 0 saturated carbocycles. The van der Waals surface area contributed by atoms with E-state index in [1.807, 2.05) is 41.5 Å². The van der Waals surface area contributed by atoms with Crippen molar-refractivity contribution in [2.24, 2.45) is 5.73 Å². The second-order valence-electron chi connectivity index (χ2n) is 7.77. The molecule has 0 unspecified atom stereocenters. The van der Waals surface area contributed by atoms with Crippen LogP contribution in [0.5, 0.6) is 5.75 Å². The number of hydrogen-bond donors (Lipinski definition) is 2. The van der Waals surface area contributed by atoms with Crippen molar-refractivity contribution >= 4 is 35.5 Å². The topological polar surface area (TPSA) is 120 Å². The number of aldehydes is 1. The van der Waals surface area contributed by atoms with Gasteiger partial charge in [-0.15, -0.1) is 0 Å². The number of anilines is 2. The number of nitrogens with zero attached hydrogens (tertiary/aromatic N) is 3. The van der Waals surface area contributed by atoms with Crippen LogP contribution >= 0.6 is 11.6 Å². The lowest BCUT2D eigenvalue weighted by molar-refractivity contribution is 0.0292. The Bertz CT molecular complexity index is 903. The van der Waals surface area contributed by atoms with Crippen LogP contribution in [0, 0.1) is 6.92 Å². The van der Waals surface area contributed by atoms with Crippen LogP contribution < -0.4 is 15.8 Å². The summed E-state index contributed by atoms with van der Waals surface area (Å²) in [5.41, 5.74) is 5.89. The molecular formula is C24H38ClN5O4. The van der Waals surface area contributed by atoms with Gasteiger partial charge in [-0.3, -0.25) is 4.79 Å². The maximum absolute atomic E-state index is 12.0. The van der Waals surface area contributed by atoms with Gasteiger partial charge in [-0.1, -0.05) is 13.8 Å². The van der Waals surface area contributed by atoms with Crippen molar-refractivity contribution in [3.8, 4) is 5.75 Å². The molecule has 3 N–H and O–H groups in total. The Morgan fingerprint density at radius 3 is 2.50 bits per heavy atom. The summed E-state index contributed by atoms with van der Waals surface area (Å²) in [4.78, 5) is 32.8. The van der Waals surface area contributed by atoms with Gasteiger partial charge >= 0.3 is 6.09 Å². The number of ether oxygens (including phenoxy) is 2. The number of hydrogen-bond acceptors (Lipinski definition) is 8. The van der Waals surface area contributed by atoms with Gasteiger partial charge in [-0.25, -0.2) is 14.8 Å². The van der Waals surface area contributed by atoms with Crippen molar-refractivity contribution in [2.75, 3.05) is 32.6 Å². The Morgan fingerprint density at radius 2 is 1.91 bits per heavy atom. The first kappa shape index (κ1) is 31.1. The van der Waals surface area contributed by atoms with Gasteiger partial charge in [0, 0.05) is 30.9 Å². The van der Waals surface area contributed by atoms with Crippen molar-refractivity contribution in [3.05, 3.63) is 40.8 Å². The smallest absolute Gasteiger partial charge is 0.410 e. The van der Waals surface area contributed by atoms with E-state index in [4.69, 9.17) is 21.1 Å². The fourth-order valence-electron chi connectivity index (χ4n) is 2.42. The third-order valence-corrected chi connectivity index (χ3v) is 4.12. The highest BCUT2D eigenvalue weighted by atomic mass is 35.5. The van der Waals surface area contributed by atoms with Crippen LogP contribution in [0.2, 0.25) is 5.28 Å². The van der Waals surface area contributed by atoms with Gasteiger partial charge in [-0.2, -0.15) is 0 Å². The molecule has 2 aromatic rings. The van der Waals surface area contributed by atoms with Gasteiger partial charge < -0.3 is 25.4 Å². The molecular weight excluding hydrogens is 458 g/mol. The highest BCUT2D eigenvalue weighted by Gasteiger charge is 2.19. The van der Waals surface area contributed by atoms with Crippen molar-refractivity contribution in [2.45, 2.75) is 53.6 Å². The van der Waals surface area contributed by atoms with Crippen molar-refractivity contribution in [3.63, 3.8) is 0 Å². The van der Waals surface area contributed by atoms with Crippen LogP contribution in [0.15, 0.2) is 24.4 Å². The number of amides is 1. The van der Waals surface area contributed by atoms with Gasteiger partial charge in [0.2, 0.25) is 5.28 Å². The number of benzene rings is 1. The zero-order chi connectivity index (χ0) is 26.3. The molecule has 1 heterocycles. The lowest BCUT2D eigenvalue weighted by Crippen LogP contribution is -2.35. The molecule has 1 aromatic heterocycles.